The number of ether oxygens (including phenoxy) is 1. The van der Waals surface area contributed by atoms with Crippen LogP contribution in [0.2, 0.25) is 0 Å². The molecular weight excluding hydrogens is 242 g/mol. The molecule has 2 heterocycles. The quantitative estimate of drug-likeness (QED) is 0.896. The normalized spacial score (nSPS) is 15.9. The summed E-state index contributed by atoms with van der Waals surface area (Å²) in [5.74, 6) is 0.795. The molecule has 0 bridgehead atoms. The highest BCUT2D eigenvalue weighted by molar-refractivity contribution is 5.82. The average molecular weight is 263 g/mol. The SMILES string of the molecule is COc1cc(N2CC(C(=O)NC(C)(C)C)C2)ccn1. The topological polar surface area (TPSA) is 54.5 Å². The van der Waals surface area contributed by atoms with E-state index in [0.29, 0.717) is 5.88 Å². The molecule has 5 heteroatoms. The van der Waals surface area contributed by atoms with Crippen LogP contribution < -0.4 is 15.0 Å². The lowest BCUT2D eigenvalue weighted by atomic mass is 9.96. The van der Waals surface area contributed by atoms with Gasteiger partial charge in [0.05, 0.1) is 13.0 Å². The van der Waals surface area contributed by atoms with Crippen molar-refractivity contribution in [2.45, 2.75) is 26.3 Å². The van der Waals surface area contributed by atoms with Crippen LogP contribution in [-0.4, -0.2) is 36.6 Å². The third-order valence-electron chi connectivity index (χ3n) is 3.04. The second-order valence-corrected chi connectivity index (χ2v) is 5.90. The lowest BCUT2D eigenvalue weighted by molar-refractivity contribution is -0.127. The maximum Gasteiger partial charge on any atom is 0.227 e. The van der Waals surface area contributed by atoms with Crippen LogP contribution in [0.1, 0.15) is 20.8 Å². The molecule has 0 saturated carbocycles. The van der Waals surface area contributed by atoms with Crippen LogP contribution in [-0.2, 0) is 4.79 Å². The molecule has 1 aliphatic heterocycles. The van der Waals surface area contributed by atoms with E-state index in [-0.39, 0.29) is 17.4 Å². The Balaban J connectivity index is 1.90. The first-order valence-corrected chi connectivity index (χ1v) is 6.46. The number of carbonyl (C=O) groups excluding carboxylic acids is 1. The number of aromatic nitrogens is 1. The zero-order valence-corrected chi connectivity index (χ0v) is 11.9. The molecule has 0 aliphatic carbocycles. The molecule has 104 valence electrons. The summed E-state index contributed by atoms with van der Waals surface area (Å²) in [6, 6.07) is 3.82. The van der Waals surface area contributed by atoms with E-state index >= 15 is 0 Å². The van der Waals surface area contributed by atoms with E-state index in [2.05, 4.69) is 15.2 Å². The van der Waals surface area contributed by atoms with E-state index in [4.69, 9.17) is 4.74 Å². The van der Waals surface area contributed by atoms with E-state index < -0.39 is 0 Å². The highest BCUT2D eigenvalue weighted by atomic mass is 16.5. The molecule has 1 N–H and O–H groups in total. The van der Waals surface area contributed by atoms with Crippen LogP contribution in [0.15, 0.2) is 18.3 Å². The van der Waals surface area contributed by atoms with Crippen molar-refractivity contribution in [2.75, 3.05) is 25.1 Å². The predicted octanol–water partition coefficient (Wildman–Crippen LogP) is 1.44. The highest BCUT2D eigenvalue weighted by Gasteiger charge is 2.34. The molecule has 0 unspecified atom stereocenters. The predicted molar refractivity (Wildman–Crippen MR) is 74.4 cm³/mol. The molecule has 0 radical (unpaired) electrons. The van der Waals surface area contributed by atoms with Crippen LogP contribution in [0.4, 0.5) is 5.69 Å². The van der Waals surface area contributed by atoms with Crippen molar-refractivity contribution in [3.05, 3.63) is 18.3 Å². The number of nitrogens with zero attached hydrogens (tertiary/aromatic N) is 2. The Bertz CT molecular complexity index is 462. The van der Waals surface area contributed by atoms with E-state index in [9.17, 15) is 4.79 Å². The van der Waals surface area contributed by atoms with Gasteiger partial charge in [0.25, 0.3) is 0 Å². The van der Waals surface area contributed by atoms with Gasteiger partial charge in [0.15, 0.2) is 0 Å². The summed E-state index contributed by atoms with van der Waals surface area (Å²) < 4.78 is 5.10. The largest absolute Gasteiger partial charge is 0.481 e. The van der Waals surface area contributed by atoms with Gasteiger partial charge in [0.1, 0.15) is 0 Å². The highest BCUT2D eigenvalue weighted by Crippen LogP contribution is 2.26. The Morgan fingerprint density at radius 2 is 2.16 bits per heavy atom. The number of rotatable bonds is 3. The van der Waals surface area contributed by atoms with Gasteiger partial charge in [-0.05, 0) is 26.8 Å². The Morgan fingerprint density at radius 1 is 1.47 bits per heavy atom. The van der Waals surface area contributed by atoms with Gasteiger partial charge in [-0.15, -0.1) is 0 Å². The molecule has 0 aromatic carbocycles. The Kier molecular flexibility index (Phi) is 3.64. The van der Waals surface area contributed by atoms with Crippen molar-refractivity contribution in [2.24, 2.45) is 5.92 Å². The fraction of sp³-hybridized carbons (Fsp3) is 0.571. The maximum atomic E-state index is 12.0. The number of pyridine rings is 1. The minimum atomic E-state index is -0.169. The van der Waals surface area contributed by atoms with Gasteiger partial charge in [-0.1, -0.05) is 0 Å². The Morgan fingerprint density at radius 3 is 2.74 bits per heavy atom. The van der Waals surface area contributed by atoms with Crippen molar-refractivity contribution in [3.8, 4) is 5.88 Å². The van der Waals surface area contributed by atoms with Crippen LogP contribution in [0.25, 0.3) is 0 Å². The van der Waals surface area contributed by atoms with Crippen molar-refractivity contribution < 1.29 is 9.53 Å². The van der Waals surface area contributed by atoms with Crippen LogP contribution in [0, 0.1) is 5.92 Å². The van der Waals surface area contributed by atoms with E-state index in [1.165, 1.54) is 0 Å². The van der Waals surface area contributed by atoms with Crippen molar-refractivity contribution in [3.63, 3.8) is 0 Å². The molecular formula is C14H21N3O2. The number of carbonyl (C=O) groups is 1. The summed E-state index contributed by atoms with van der Waals surface area (Å²) in [6.07, 6.45) is 1.72. The molecule has 1 saturated heterocycles. The van der Waals surface area contributed by atoms with Crippen molar-refractivity contribution in [1.29, 1.82) is 0 Å². The second kappa shape index (κ2) is 5.07. The van der Waals surface area contributed by atoms with Gasteiger partial charge < -0.3 is 15.0 Å². The zero-order valence-electron chi connectivity index (χ0n) is 11.9. The Labute approximate surface area is 114 Å². The smallest absolute Gasteiger partial charge is 0.227 e. The first-order chi connectivity index (χ1) is 8.89. The van der Waals surface area contributed by atoms with Gasteiger partial charge in [0, 0.05) is 36.6 Å². The minimum absolute atomic E-state index is 0.0679. The van der Waals surface area contributed by atoms with Crippen molar-refractivity contribution in [1.82, 2.24) is 10.3 Å². The first-order valence-electron chi connectivity index (χ1n) is 6.46. The average Bonchev–Trinajstić information content (AvgIpc) is 2.25. The monoisotopic (exact) mass is 263 g/mol. The second-order valence-electron chi connectivity index (χ2n) is 5.90. The molecule has 0 atom stereocenters. The van der Waals surface area contributed by atoms with Gasteiger partial charge >= 0.3 is 0 Å². The molecule has 0 spiro atoms. The van der Waals surface area contributed by atoms with Gasteiger partial charge in [0.2, 0.25) is 11.8 Å². The number of nitrogens with one attached hydrogen (secondary N) is 1. The molecule has 5 nitrogen and oxygen atoms in total. The number of hydrogen-bond acceptors (Lipinski definition) is 4. The number of anilines is 1. The molecule has 1 amide bonds. The number of amides is 1. The first kappa shape index (κ1) is 13.6. The molecule has 19 heavy (non-hydrogen) atoms. The zero-order chi connectivity index (χ0) is 14.0. The summed E-state index contributed by atoms with van der Waals surface area (Å²) >= 11 is 0. The summed E-state index contributed by atoms with van der Waals surface area (Å²) in [5, 5.41) is 3.01. The summed E-state index contributed by atoms with van der Waals surface area (Å²) in [4.78, 5) is 18.2. The molecule has 1 aromatic heterocycles. The standard InChI is InChI=1S/C14H21N3O2/c1-14(2,3)16-13(18)10-8-17(9-10)11-5-6-15-12(7-11)19-4/h5-7,10H,8-9H2,1-4H3,(H,16,18). The molecule has 1 aromatic rings. The number of hydrogen-bond donors (Lipinski definition) is 1. The summed E-state index contributed by atoms with van der Waals surface area (Å²) in [7, 11) is 1.60. The molecule has 2 rings (SSSR count). The van der Waals surface area contributed by atoms with Gasteiger partial charge in [-0.2, -0.15) is 0 Å². The lowest BCUT2D eigenvalue weighted by Gasteiger charge is -2.41. The van der Waals surface area contributed by atoms with Gasteiger partial charge in [-0.25, -0.2) is 4.98 Å². The van der Waals surface area contributed by atoms with Gasteiger partial charge in [-0.3, -0.25) is 4.79 Å². The fourth-order valence-corrected chi connectivity index (χ4v) is 2.03. The Hall–Kier alpha value is -1.78. The summed E-state index contributed by atoms with van der Waals surface area (Å²) in [5.41, 5.74) is 0.879. The van der Waals surface area contributed by atoms with Crippen LogP contribution in [0.3, 0.4) is 0 Å². The maximum absolute atomic E-state index is 12.0. The minimum Gasteiger partial charge on any atom is -0.481 e. The lowest BCUT2D eigenvalue weighted by Crippen LogP contribution is -2.56. The third-order valence-corrected chi connectivity index (χ3v) is 3.04. The van der Waals surface area contributed by atoms with Crippen LogP contribution in [0.5, 0.6) is 5.88 Å². The third kappa shape index (κ3) is 3.36. The molecule has 1 fully saturated rings. The van der Waals surface area contributed by atoms with E-state index in [1.807, 2.05) is 32.9 Å². The number of methoxy groups -OCH3 is 1. The fourth-order valence-electron chi connectivity index (χ4n) is 2.03. The van der Waals surface area contributed by atoms with Crippen molar-refractivity contribution >= 4 is 11.6 Å². The molecule has 1 aliphatic rings. The summed E-state index contributed by atoms with van der Waals surface area (Å²) in [6.45, 7) is 7.48. The van der Waals surface area contributed by atoms with Crippen LogP contribution >= 0.6 is 0 Å². The van der Waals surface area contributed by atoms with E-state index in [0.717, 1.165) is 18.8 Å². The van der Waals surface area contributed by atoms with E-state index in [1.54, 1.807) is 13.3 Å².